The van der Waals surface area contributed by atoms with Crippen LogP contribution in [0.4, 0.5) is 0 Å². The van der Waals surface area contributed by atoms with Gasteiger partial charge >= 0.3 is 0 Å². The van der Waals surface area contributed by atoms with Gasteiger partial charge in [0.25, 0.3) is 0 Å². The van der Waals surface area contributed by atoms with Crippen LogP contribution < -0.4 is 10.1 Å². The third-order valence-electron chi connectivity index (χ3n) is 2.37. The minimum atomic E-state index is 0.106. The molecule has 15 heavy (non-hydrogen) atoms. The Morgan fingerprint density at radius 2 is 2.00 bits per heavy atom. The zero-order valence-corrected chi connectivity index (χ0v) is 9.62. The first-order valence-corrected chi connectivity index (χ1v) is 5.19. The Labute approximate surface area is 91.4 Å². The Morgan fingerprint density at radius 1 is 1.27 bits per heavy atom. The average molecular weight is 209 g/mol. The lowest BCUT2D eigenvalue weighted by Gasteiger charge is -2.16. The number of para-hydroxylation sites is 1. The van der Waals surface area contributed by atoms with Gasteiger partial charge in [0, 0.05) is 19.2 Å². The smallest absolute Gasteiger partial charge is 0.123 e. The fourth-order valence-electron chi connectivity index (χ4n) is 1.47. The molecule has 0 aliphatic rings. The third kappa shape index (κ3) is 3.53. The molecule has 0 bridgehead atoms. The summed E-state index contributed by atoms with van der Waals surface area (Å²) in [6.07, 6.45) is 1.06. The summed E-state index contributed by atoms with van der Waals surface area (Å²) in [5.41, 5.74) is 1.15. The first-order valence-electron chi connectivity index (χ1n) is 5.19. The fourth-order valence-corrected chi connectivity index (χ4v) is 1.47. The van der Waals surface area contributed by atoms with Gasteiger partial charge < -0.3 is 9.47 Å². The quantitative estimate of drug-likeness (QED) is 0.728. The summed E-state index contributed by atoms with van der Waals surface area (Å²) in [7, 11) is 3.40. The van der Waals surface area contributed by atoms with Crippen molar-refractivity contribution in [1.82, 2.24) is 5.32 Å². The van der Waals surface area contributed by atoms with Gasteiger partial charge in [-0.1, -0.05) is 25.1 Å². The molecule has 0 unspecified atom stereocenters. The molecule has 0 radical (unpaired) electrons. The van der Waals surface area contributed by atoms with Gasteiger partial charge in [-0.2, -0.15) is 0 Å². The van der Waals surface area contributed by atoms with Gasteiger partial charge in [-0.25, -0.2) is 0 Å². The van der Waals surface area contributed by atoms with Crippen LogP contribution in [0.1, 0.15) is 18.9 Å². The third-order valence-corrected chi connectivity index (χ3v) is 2.37. The maximum atomic E-state index is 5.26. The van der Waals surface area contributed by atoms with E-state index < -0.39 is 0 Å². The van der Waals surface area contributed by atoms with E-state index in [1.807, 2.05) is 24.3 Å². The van der Waals surface area contributed by atoms with Gasteiger partial charge in [-0.15, -0.1) is 0 Å². The lowest BCUT2D eigenvalue weighted by molar-refractivity contribution is 0.0692. The van der Waals surface area contributed by atoms with E-state index in [1.54, 1.807) is 14.2 Å². The van der Waals surface area contributed by atoms with Gasteiger partial charge in [0.2, 0.25) is 0 Å². The Hall–Kier alpha value is -1.06. The molecule has 0 amide bonds. The molecule has 0 spiro atoms. The highest BCUT2D eigenvalue weighted by molar-refractivity contribution is 5.32. The molecule has 84 valence electrons. The van der Waals surface area contributed by atoms with Crippen LogP contribution in [-0.2, 0) is 11.3 Å². The average Bonchev–Trinajstić information content (AvgIpc) is 2.31. The largest absolute Gasteiger partial charge is 0.496 e. The van der Waals surface area contributed by atoms with Crippen molar-refractivity contribution in [3.8, 4) is 5.75 Å². The summed E-state index contributed by atoms with van der Waals surface area (Å²) in [6.45, 7) is 2.85. The number of methoxy groups -OCH3 is 2. The number of hydrogen-bond acceptors (Lipinski definition) is 3. The second kappa shape index (κ2) is 6.43. The highest BCUT2D eigenvalue weighted by Gasteiger charge is 2.05. The monoisotopic (exact) mass is 209 g/mol. The van der Waals surface area contributed by atoms with Crippen molar-refractivity contribution < 1.29 is 9.47 Å². The molecule has 0 fully saturated rings. The van der Waals surface area contributed by atoms with Crippen LogP contribution >= 0.6 is 0 Å². The van der Waals surface area contributed by atoms with Crippen LogP contribution in [0, 0.1) is 0 Å². The van der Waals surface area contributed by atoms with E-state index >= 15 is 0 Å². The number of rotatable bonds is 6. The van der Waals surface area contributed by atoms with Crippen LogP contribution in [0.25, 0.3) is 0 Å². The van der Waals surface area contributed by atoms with Crippen LogP contribution in [0.5, 0.6) is 5.75 Å². The normalized spacial score (nSPS) is 12.5. The summed E-state index contributed by atoms with van der Waals surface area (Å²) in [5.74, 6) is 0.913. The molecule has 1 aromatic rings. The van der Waals surface area contributed by atoms with Crippen molar-refractivity contribution in [3.05, 3.63) is 29.8 Å². The molecule has 1 rings (SSSR count). The van der Waals surface area contributed by atoms with Crippen LogP contribution in [0.15, 0.2) is 24.3 Å². The molecule has 0 aliphatic heterocycles. The van der Waals surface area contributed by atoms with Gasteiger partial charge in [0.05, 0.1) is 7.11 Å². The van der Waals surface area contributed by atoms with Crippen molar-refractivity contribution in [1.29, 1.82) is 0 Å². The van der Waals surface area contributed by atoms with Gasteiger partial charge in [0.1, 0.15) is 12.0 Å². The highest BCUT2D eigenvalue weighted by Crippen LogP contribution is 2.16. The second-order valence-electron chi connectivity index (χ2n) is 3.33. The van der Waals surface area contributed by atoms with Gasteiger partial charge in [0.15, 0.2) is 0 Å². The molecule has 3 heteroatoms. The van der Waals surface area contributed by atoms with E-state index in [1.165, 1.54) is 0 Å². The van der Waals surface area contributed by atoms with Gasteiger partial charge in [-0.05, 0) is 12.5 Å². The van der Waals surface area contributed by atoms with E-state index in [2.05, 4.69) is 12.2 Å². The number of hydrogen-bond donors (Lipinski definition) is 1. The minimum Gasteiger partial charge on any atom is -0.496 e. The molecule has 1 atom stereocenters. The topological polar surface area (TPSA) is 30.5 Å². The Kier molecular flexibility index (Phi) is 5.15. The summed E-state index contributed by atoms with van der Waals surface area (Å²) in [5, 5.41) is 3.31. The summed E-state index contributed by atoms with van der Waals surface area (Å²) >= 11 is 0. The SMILES string of the molecule is CC[C@H](NCc1ccccc1OC)OC. The van der Waals surface area contributed by atoms with Crippen LogP contribution in [-0.4, -0.2) is 20.4 Å². The Bertz CT molecular complexity index is 285. The number of nitrogens with one attached hydrogen (secondary N) is 1. The predicted molar refractivity (Wildman–Crippen MR) is 60.9 cm³/mol. The zero-order valence-electron chi connectivity index (χ0n) is 9.62. The molecule has 1 aromatic carbocycles. The standard InChI is InChI=1S/C12H19NO2/c1-4-12(15-3)13-9-10-7-5-6-8-11(10)14-2/h5-8,12-13H,4,9H2,1-3H3/t12-/m1/s1. The summed E-state index contributed by atoms with van der Waals surface area (Å²) < 4.78 is 10.5. The lowest BCUT2D eigenvalue weighted by atomic mass is 10.2. The molecule has 3 nitrogen and oxygen atoms in total. The summed E-state index contributed by atoms with van der Waals surface area (Å²) in [6, 6.07) is 7.99. The van der Waals surface area contributed by atoms with Crippen molar-refractivity contribution in [2.24, 2.45) is 0 Å². The van der Waals surface area contributed by atoms with E-state index in [4.69, 9.17) is 9.47 Å². The number of ether oxygens (including phenoxy) is 2. The molecular formula is C12H19NO2. The highest BCUT2D eigenvalue weighted by atomic mass is 16.5. The van der Waals surface area contributed by atoms with Crippen molar-refractivity contribution in [2.75, 3.05) is 14.2 Å². The molecule has 0 saturated carbocycles. The molecule has 0 aromatic heterocycles. The number of benzene rings is 1. The molecular weight excluding hydrogens is 190 g/mol. The molecule has 0 saturated heterocycles. The first kappa shape index (κ1) is 12.0. The maximum absolute atomic E-state index is 5.26. The lowest BCUT2D eigenvalue weighted by Crippen LogP contribution is -2.29. The first-order chi connectivity index (χ1) is 7.31. The predicted octanol–water partition coefficient (Wildman–Crippen LogP) is 2.17. The van der Waals surface area contributed by atoms with Crippen molar-refractivity contribution in [2.45, 2.75) is 26.1 Å². The van der Waals surface area contributed by atoms with E-state index in [0.717, 1.165) is 24.3 Å². The van der Waals surface area contributed by atoms with Crippen molar-refractivity contribution >= 4 is 0 Å². The maximum Gasteiger partial charge on any atom is 0.123 e. The Morgan fingerprint density at radius 3 is 2.60 bits per heavy atom. The van der Waals surface area contributed by atoms with E-state index in [0.29, 0.717) is 0 Å². The summed E-state index contributed by atoms with van der Waals surface area (Å²) in [4.78, 5) is 0. The molecule has 0 heterocycles. The van der Waals surface area contributed by atoms with E-state index in [9.17, 15) is 0 Å². The van der Waals surface area contributed by atoms with E-state index in [-0.39, 0.29) is 6.23 Å². The van der Waals surface area contributed by atoms with Crippen molar-refractivity contribution in [3.63, 3.8) is 0 Å². The van der Waals surface area contributed by atoms with Gasteiger partial charge in [-0.3, -0.25) is 5.32 Å². The molecule has 1 N–H and O–H groups in total. The fraction of sp³-hybridized carbons (Fsp3) is 0.500. The molecule has 0 aliphatic carbocycles. The minimum absolute atomic E-state index is 0.106. The zero-order chi connectivity index (χ0) is 11.1. The second-order valence-corrected chi connectivity index (χ2v) is 3.33. The van der Waals surface area contributed by atoms with Crippen LogP contribution in [0.3, 0.4) is 0 Å². The Balaban J connectivity index is 2.56. The van der Waals surface area contributed by atoms with Crippen LogP contribution in [0.2, 0.25) is 0 Å².